The van der Waals surface area contributed by atoms with Gasteiger partial charge >= 0.3 is 0 Å². The van der Waals surface area contributed by atoms with E-state index in [1.54, 1.807) is 13.8 Å². The second-order valence-electron chi connectivity index (χ2n) is 8.12. The van der Waals surface area contributed by atoms with E-state index >= 15 is 0 Å². The Labute approximate surface area is 166 Å². The summed E-state index contributed by atoms with van der Waals surface area (Å²) in [5.41, 5.74) is -1.06. The topological polar surface area (TPSA) is 183 Å². The average Bonchev–Trinajstić information content (AvgIpc) is 3.32. The van der Waals surface area contributed by atoms with E-state index in [4.69, 9.17) is 18.9 Å². The van der Waals surface area contributed by atoms with Crippen LogP contribution in [0.1, 0.15) is 13.8 Å². The second kappa shape index (κ2) is 7.39. The zero-order valence-electron chi connectivity index (χ0n) is 15.9. The third-order valence-electron chi connectivity index (χ3n) is 5.75. The molecule has 2 fully saturated rings. The Bertz CT molecular complexity index is 644. The van der Waals surface area contributed by atoms with Crippen LogP contribution in [0.15, 0.2) is 9.98 Å². The molecule has 0 aromatic heterocycles. The minimum absolute atomic E-state index is 0.128. The Morgan fingerprint density at radius 1 is 0.724 bits per heavy atom. The Kier molecular flexibility index (Phi) is 5.32. The van der Waals surface area contributed by atoms with Gasteiger partial charge in [0.05, 0.1) is 13.2 Å². The molecule has 29 heavy (non-hydrogen) atoms. The number of fused-ring (bicyclic) bond motifs is 2. The van der Waals surface area contributed by atoms with Gasteiger partial charge in [-0.2, -0.15) is 0 Å². The standard InChI is InChI=1S/C17H26N2O10/c1-17(2,15-18-7-11(24)9(22)5(3-20)26-13(7)28-15)16-19-8-12(25)10(23)6(4-21)27-14(8)29-16/h5-14,20-25H,3-4H2,1-2H3/t5-,6-,7-,8-,9-,10-,11-,12-,13-,14-/m1/s1. The molecule has 0 bridgehead atoms. The molecule has 0 radical (unpaired) electrons. The van der Waals surface area contributed by atoms with Gasteiger partial charge in [0.2, 0.25) is 24.4 Å². The zero-order chi connectivity index (χ0) is 21.1. The number of rotatable bonds is 4. The van der Waals surface area contributed by atoms with Crippen molar-refractivity contribution >= 4 is 11.8 Å². The lowest BCUT2D eigenvalue weighted by Gasteiger charge is -2.37. The maximum Gasteiger partial charge on any atom is 0.227 e. The molecule has 164 valence electrons. The summed E-state index contributed by atoms with van der Waals surface area (Å²) in [6.45, 7) is 2.40. The minimum Gasteiger partial charge on any atom is -0.448 e. The van der Waals surface area contributed by atoms with Crippen molar-refractivity contribution < 1.29 is 49.6 Å². The van der Waals surface area contributed by atoms with Gasteiger partial charge in [0.1, 0.15) is 54.1 Å². The Hall–Kier alpha value is -1.38. The third kappa shape index (κ3) is 3.24. The summed E-state index contributed by atoms with van der Waals surface area (Å²) in [5.74, 6) is 0.256. The van der Waals surface area contributed by atoms with Gasteiger partial charge in [-0.3, -0.25) is 0 Å². The first kappa shape index (κ1) is 20.9. The molecule has 0 saturated carbocycles. The molecule has 12 heteroatoms. The van der Waals surface area contributed by atoms with Crippen molar-refractivity contribution in [2.75, 3.05) is 13.2 Å². The molecule has 12 nitrogen and oxygen atoms in total. The van der Waals surface area contributed by atoms with Crippen LogP contribution in [0, 0.1) is 5.41 Å². The quantitative estimate of drug-likeness (QED) is 0.268. The van der Waals surface area contributed by atoms with Gasteiger partial charge < -0.3 is 49.6 Å². The van der Waals surface area contributed by atoms with Gasteiger partial charge in [0.15, 0.2) is 0 Å². The predicted octanol–water partition coefficient (Wildman–Crippen LogP) is -3.51. The summed E-state index contributed by atoms with van der Waals surface area (Å²) < 4.78 is 22.4. The van der Waals surface area contributed by atoms with Crippen molar-refractivity contribution in [1.29, 1.82) is 0 Å². The Balaban J connectivity index is 1.54. The van der Waals surface area contributed by atoms with Crippen molar-refractivity contribution in [1.82, 2.24) is 0 Å². The van der Waals surface area contributed by atoms with Crippen LogP contribution in [0.2, 0.25) is 0 Å². The van der Waals surface area contributed by atoms with Crippen molar-refractivity contribution in [3.8, 4) is 0 Å². The fraction of sp³-hybridized carbons (Fsp3) is 0.882. The molecule has 6 N–H and O–H groups in total. The first-order chi connectivity index (χ1) is 13.7. The largest absolute Gasteiger partial charge is 0.448 e. The number of aliphatic hydroxyl groups excluding tert-OH is 6. The number of ether oxygens (including phenoxy) is 4. The van der Waals surface area contributed by atoms with Crippen LogP contribution in [-0.2, 0) is 18.9 Å². The van der Waals surface area contributed by atoms with Gasteiger partial charge in [0, 0.05) is 0 Å². The van der Waals surface area contributed by atoms with Crippen molar-refractivity contribution in [2.45, 2.75) is 75.1 Å². The van der Waals surface area contributed by atoms with Gasteiger partial charge in [0.25, 0.3) is 0 Å². The maximum atomic E-state index is 10.3. The van der Waals surface area contributed by atoms with E-state index in [1.807, 2.05) is 0 Å². The van der Waals surface area contributed by atoms with Crippen LogP contribution in [0.4, 0.5) is 0 Å². The zero-order valence-corrected chi connectivity index (χ0v) is 15.9. The second-order valence-corrected chi connectivity index (χ2v) is 8.12. The van der Waals surface area contributed by atoms with Gasteiger partial charge in [-0.1, -0.05) is 0 Å². The molecule has 0 aromatic carbocycles. The molecule has 0 aliphatic carbocycles. The summed E-state index contributed by atoms with van der Waals surface area (Å²) in [6, 6.07) is -1.79. The van der Waals surface area contributed by atoms with E-state index < -0.39 is 79.9 Å². The van der Waals surface area contributed by atoms with E-state index in [0.717, 1.165) is 0 Å². The van der Waals surface area contributed by atoms with E-state index in [-0.39, 0.29) is 11.8 Å². The van der Waals surface area contributed by atoms with Gasteiger partial charge in [-0.15, -0.1) is 0 Å². The molecule has 4 aliphatic rings. The highest BCUT2D eigenvalue weighted by atomic mass is 16.7. The van der Waals surface area contributed by atoms with Crippen LogP contribution >= 0.6 is 0 Å². The summed E-state index contributed by atoms with van der Waals surface area (Å²) in [7, 11) is 0. The van der Waals surface area contributed by atoms with Gasteiger partial charge in [-0.25, -0.2) is 9.98 Å². The van der Waals surface area contributed by atoms with Crippen LogP contribution in [-0.4, -0.2) is 117 Å². The predicted molar refractivity (Wildman–Crippen MR) is 93.9 cm³/mol. The lowest BCUT2D eigenvalue weighted by molar-refractivity contribution is -0.236. The van der Waals surface area contributed by atoms with Crippen LogP contribution in [0.5, 0.6) is 0 Å². The molecule has 0 spiro atoms. The molecule has 2 saturated heterocycles. The lowest BCUT2D eigenvalue weighted by atomic mass is 9.92. The molecule has 4 aliphatic heterocycles. The molecule has 0 unspecified atom stereocenters. The van der Waals surface area contributed by atoms with Crippen molar-refractivity contribution in [3.05, 3.63) is 0 Å². The maximum absolute atomic E-state index is 10.3. The van der Waals surface area contributed by atoms with Crippen LogP contribution in [0.3, 0.4) is 0 Å². The SMILES string of the molecule is CC(C)(C1=N[C@H]2[C@@H](O1)O[C@H](CO)[C@@H](O)[C@@H]2O)C1=N[C@H]2[C@@H](O1)O[C@H](CO)[C@@H](O)[C@@H]2O. The monoisotopic (exact) mass is 418 g/mol. The summed E-state index contributed by atoms with van der Waals surface area (Å²) in [4.78, 5) is 8.67. The minimum atomic E-state index is -1.32. The molecular formula is C17H26N2O10. The number of aliphatic hydroxyl groups is 6. The highest BCUT2D eigenvalue weighted by Crippen LogP contribution is 2.38. The first-order valence-corrected chi connectivity index (χ1v) is 9.43. The molecule has 4 rings (SSSR count). The number of aliphatic imine (C=N–C) groups is 2. The fourth-order valence-electron chi connectivity index (χ4n) is 3.86. The van der Waals surface area contributed by atoms with Crippen molar-refractivity contribution in [3.63, 3.8) is 0 Å². The molecule has 0 aromatic rings. The fourth-order valence-corrected chi connectivity index (χ4v) is 3.86. The molecular weight excluding hydrogens is 392 g/mol. The number of nitrogens with zero attached hydrogens (tertiary/aromatic N) is 2. The van der Waals surface area contributed by atoms with E-state index in [0.29, 0.717) is 0 Å². The first-order valence-electron chi connectivity index (χ1n) is 9.43. The number of hydrogen-bond acceptors (Lipinski definition) is 12. The summed E-state index contributed by atoms with van der Waals surface area (Å²) in [6.07, 6.45) is -9.23. The average molecular weight is 418 g/mol. The normalized spacial score (nSPS) is 46.9. The van der Waals surface area contributed by atoms with Crippen LogP contribution in [0.25, 0.3) is 0 Å². The highest BCUT2D eigenvalue weighted by Gasteiger charge is 2.55. The molecule has 0 amide bonds. The summed E-state index contributed by atoms with van der Waals surface area (Å²) >= 11 is 0. The highest BCUT2D eigenvalue weighted by molar-refractivity contribution is 6.05. The van der Waals surface area contributed by atoms with Crippen LogP contribution < -0.4 is 0 Å². The van der Waals surface area contributed by atoms with Crippen molar-refractivity contribution in [2.24, 2.45) is 15.4 Å². The lowest BCUT2D eigenvalue weighted by Crippen LogP contribution is -2.57. The smallest absolute Gasteiger partial charge is 0.227 e. The summed E-state index contributed by atoms with van der Waals surface area (Å²) in [5, 5.41) is 59.2. The van der Waals surface area contributed by atoms with E-state index in [1.165, 1.54) is 0 Å². The Morgan fingerprint density at radius 3 is 1.45 bits per heavy atom. The number of hydrogen-bond donors (Lipinski definition) is 6. The molecule has 10 atom stereocenters. The van der Waals surface area contributed by atoms with E-state index in [2.05, 4.69) is 9.98 Å². The van der Waals surface area contributed by atoms with E-state index in [9.17, 15) is 30.6 Å². The Morgan fingerprint density at radius 2 is 1.10 bits per heavy atom. The van der Waals surface area contributed by atoms with Gasteiger partial charge in [-0.05, 0) is 13.8 Å². The molecule has 4 heterocycles. The third-order valence-corrected chi connectivity index (χ3v) is 5.75.